The van der Waals surface area contributed by atoms with E-state index in [0.717, 1.165) is 31.5 Å². The molecule has 2 fully saturated rings. The Morgan fingerprint density at radius 1 is 1.40 bits per heavy atom. The number of aromatic nitrogens is 1. The molecular weight excluding hydrogens is 258 g/mol. The van der Waals surface area contributed by atoms with E-state index in [1.165, 1.54) is 6.20 Å². The quantitative estimate of drug-likeness (QED) is 0.853. The van der Waals surface area contributed by atoms with E-state index >= 15 is 0 Å². The summed E-state index contributed by atoms with van der Waals surface area (Å²) in [6.07, 6.45) is 4.66. The molecule has 20 heavy (non-hydrogen) atoms. The summed E-state index contributed by atoms with van der Waals surface area (Å²) in [5.74, 6) is -0.756. The molecule has 3 unspecified atom stereocenters. The molecule has 2 heterocycles. The van der Waals surface area contributed by atoms with Gasteiger partial charge in [0.15, 0.2) is 0 Å². The summed E-state index contributed by atoms with van der Waals surface area (Å²) in [5, 5.41) is 9.52. The van der Waals surface area contributed by atoms with Crippen molar-refractivity contribution in [3.63, 3.8) is 0 Å². The Morgan fingerprint density at radius 3 is 2.90 bits per heavy atom. The van der Waals surface area contributed by atoms with Crippen molar-refractivity contribution in [3.8, 4) is 0 Å². The van der Waals surface area contributed by atoms with E-state index in [-0.39, 0.29) is 11.6 Å². The van der Waals surface area contributed by atoms with Crippen LogP contribution in [-0.4, -0.2) is 34.6 Å². The van der Waals surface area contributed by atoms with E-state index < -0.39 is 17.9 Å². The molecule has 1 saturated heterocycles. The highest BCUT2D eigenvalue weighted by molar-refractivity contribution is 5.92. The summed E-state index contributed by atoms with van der Waals surface area (Å²) in [6.45, 7) is 0.726. The van der Waals surface area contributed by atoms with Crippen molar-refractivity contribution in [2.45, 2.75) is 25.3 Å². The predicted molar refractivity (Wildman–Crippen MR) is 72.4 cm³/mol. The number of hydrogen-bond acceptors (Lipinski definition) is 4. The first-order chi connectivity index (χ1) is 9.58. The molecule has 1 aromatic rings. The average Bonchev–Trinajstić information content (AvgIpc) is 2.97. The van der Waals surface area contributed by atoms with Gasteiger partial charge in [-0.1, -0.05) is 6.42 Å². The number of amides is 1. The fourth-order valence-corrected chi connectivity index (χ4v) is 3.62. The number of carboxylic acids is 1. The minimum Gasteiger partial charge on any atom is -0.480 e. The number of aliphatic carboxylic acids is 1. The summed E-state index contributed by atoms with van der Waals surface area (Å²) < 4.78 is 0. The Morgan fingerprint density at radius 2 is 2.20 bits per heavy atom. The van der Waals surface area contributed by atoms with Crippen molar-refractivity contribution < 1.29 is 14.7 Å². The highest BCUT2D eigenvalue weighted by Gasteiger charge is 2.47. The van der Waals surface area contributed by atoms with E-state index in [0.29, 0.717) is 5.92 Å². The van der Waals surface area contributed by atoms with Gasteiger partial charge >= 0.3 is 5.97 Å². The molecule has 3 rings (SSSR count). The molecule has 2 aliphatic rings. The van der Waals surface area contributed by atoms with E-state index in [9.17, 15) is 14.7 Å². The molecule has 0 aromatic carbocycles. The van der Waals surface area contributed by atoms with E-state index in [2.05, 4.69) is 4.98 Å². The number of anilines is 1. The van der Waals surface area contributed by atoms with Crippen molar-refractivity contribution >= 4 is 17.6 Å². The van der Waals surface area contributed by atoms with Gasteiger partial charge < -0.3 is 15.7 Å². The smallest absolute Gasteiger partial charge is 0.326 e. The first-order valence-electron chi connectivity index (χ1n) is 6.83. The zero-order valence-electron chi connectivity index (χ0n) is 11.0. The van der Waals surface area contributed by atoms with Crippen LogP contribution in [0, 0.1) is 11.8 Å². The van der Waals surface area contributed by atoms with Crippen LogP contribution in [0.3, 0.4) is 0 Å². The largest absolute Gasteiger partial charge is 0.480 e. The van der Waals surface area contributed by atoms with E-state index in [1.807, 2.05) is 4.90 Å². The van der Waals surface area contributed by atoms with Crippen molar-refractivity contribution in [1.29, 1.82) is 0 Å². The molecule has 0 bridgehead atoms. The van der Waals surface area contributed by atoms with Crippen molar-refractivity contribution in [1.82, 2.24) is 4.98 Å². The van der Waals surface area contributed by atoms with Gasteiger partial charge in [0.2, 0.25) is 0 Å². The zero-order valence-corrected chi connectivity index (χ0v) is 11.0. The number of nitrogens with two attached hydrogens (primary N) is 1. The molecule has 1 aliphatic carbocycles. The second-order valence-corrected chi connectivity index (χ2v) is 5.55. The summed E-state index contributed by atoms with van der Waals surface area (Å²) in [4.78, 5) is 28.6. The van der Waals surface area contributed by atoms with Crippen LogP contribution in [0.1, 0.15) is 29.8 Å². The summed E-state index contributed by atoms with van der Waals surface area (Å²) in [7, 11) is 0. The van der Waals surface area contributed by atoms with Crippen LogP contribution >= 0.6 is 0 Å². The number of rotatable bonds is 3. The predicted octanol–water partition coefficient (Wildman–Crippen LogP) is 0.870. The highest BCUT2D eigenvalue weighted by Crippen LogP contribution is 2.43. The molecule has 3 N–H and O–H groups in total. The van der Waals surface area contributed by atoms with Gasteiger partial charge in [-0.2, -0.15) is 0 Å². The number of nitrogens with zero attached hydrogens (tertiary/aromatic N) is 2. The minimum atomic E-state index is -0.795. The lowest BCUT2D eigenvalue weighted by molar-refractivity contribution is -0.139. The van der Waals surface area contributed by atoms with Gasteiger partial charge in [0.05, 0.1) is 0 Å². The highest BCUT2D eigenvalue weighted by atomic mass is 16.4. The molecule has 6 nitrogen and oxygen atoms in total. The maximum Gasteiger partial charge on any atom is 0.326 e. The molecular formula is C14H17N3O3. The maximum absolute atomic E-state index is 11.6. The van der Waals surface area contributed by atoms with E-state index in [1.54, 1.807) is 12.1 Å². The van der Waals surface area contributed by atoms with Gasteiger partial charge in [-0.05, 0) is 36.8 Å². The third kappa shape index (κ3) is 2.01. The topological polar surface area (TPSA) is 96.5 Å². The minimum absolute atomic E-state index is 0.170. The normalized spacial score (nSPS) is 28.4. The van der Waals surface area contributed by atoms with Crippen LogP contribution < -0.4 is 10.6 Å². The van der Waals surface area contributed by atoms with Crippen LogP contribution in [0.2, 0.25) is 0 Å². The van der Waals surface area contributed by atoms with Crippen molar-refractivity contribution in [2.24, 2.45) is 17.6 Å². The molecule has 0 spiro atoms. The Hall–Kier alpha value is -2.11. The summed E-state index contributed by atoms with van der Waals surface area (Å²) in [6, 6.07) is 2.81. The van der Waals surface area contributed by atoms with Gasteiger partial charge in [0.1, 0.15) is 11.7 Å². The maximum atomic E-state index is 11.6. The number of fused-ring (bicyclic) bond motifs is 1. The Kier molecular flexibility index (Phi) is 3.08. The molecule has 1 amide bonds. The monoisotopic (exact) mass is 275 g/mol. The summed E-state index contributed by atoms with van der Waals surface area (Å²) in [5.41, 5.74) is 6.12. The molecule has 1 aromatic heterocycles. The zero-order chi connectivity index (χ0) is 14.3. The van der Waals surface area contributed by atoms with Gasteiger partial charge in [-0.15, -0.1) is 0 Å². The number of hydrogen-bond donors (Lipinski definition) is 2. The van der Waals surface area contributed by atoms with E-state index in [4.69, 9.17) is 5.73 Å². The lowest BCUT2D eigenvalue weighted by Crippen LogP contribution is -2.39. The number of carbonyl (C=O) groups is 2. The number of carbonyl (C=O) groups excluding carboxylic acids is 1. The second-order valence-electron chi connectivity index (χ2n) is 5.55. The fraction of sp³-hybridized carbons (Fsp3) is 0.500. The van der Waals surface area contributed by atoms with Crippen LogP contribution in [0.25, 0.3) is 0 Å². The Balaban J connectivity index is 1.94. The third-order valence-corrected chi connectivity index (χ3v) is 4.47. The number of carboxylic acid groups (broad SMARTS) is 1. The van der Waals surface area contributed by atoms with Crippen LogP contribution in [0.15, 0.2) is 18.3 Å². The fourth-order valence-electron chi connectivity index (χ4n) is 3.62. The Bertz CT molecular complexity index is 560. The first kappa shape index (κ1) is 12.9. The van der Waals surface area contributed by atoms with Crippen LogP contribution in [-0.2, 0) is 4.79 Å². The molecule has 6 heteroatoms. The van der Waals surface area contributed by atoms with Gasteiger partial charge in [0, 0.05) is 18.4 Å². The number of pyridine rings is 1. The second kappa shape index (κ2) is 4.77. The van der Waals surface area contributed by atoms with Gasteiger partial charge in [-0.3, -0.25) is 9.78 Å². The third-order valence-electron chi connectivity index (χ3n) is 4.47. The number of primary amides is 1. The first-order valence-corrected chi connectivity index (χ1v) is 6.83. The van der Waals surface area contributed by atoms with Crippen molar-refractivity contribution in [2.75, 3.05) is 11.4 Å². The Labute approximate surface area is 116 Å². The lowest BCUT2D eigenvalue weighted by atomic mass is 9.94. The molecule has 0 radical (unpaired) electrons. The lowest BCUT2D eigenvalue weighted by Gasteiger charge is -2.26. The van der Waals surface area contributed by atoms with Crippen LogP contribution in [0.4, 0.5) is 5.69 Å². The standard InChI is InChI=1S/C14H17N3O3/c15-13(18)11-6-9(4-5-16-11)17-7-8-2-1-3-10(8)12(17)14(19)20/h4-6,8,10,12H,1-3,7H2,(H2,15,18)(H,19,20). The summed E-state index contributed by atoms with van der Waals surface area (Å²) >= 11 is 0. The molecule has 1 aliphatic heterocycles. The van der Waals surface area contributed by atoms with Gasteiger partial charge in [0.25, 0.3) is 5.91 Å². The van der Waals surface area contributed by atoms with Crippen LogP contribution in [0.5, 0.6) is 0 Å². The SMILES string of the molecule is NC(=O)c1cc(N2CC3CCCC3C2C(=O)O)ccn1. The average molecular weight is 275 g/mol. The molecule has 106 valence electrons. The van der Waals surface area contributed by atoms with Gasteiger partial charge in [-0.25, -0.2) is 4.79 Å². The molecule has 3 atom stereocenters. The van der Waals surface area contributed by atoms with Crippen molar-refractivity contribution in [3.05, 3.63) is 24.0 Å². The molecule has 1 saturated carbocycles.